The van der Waals surface area contributed by atoms with Crippen LogP contribution in [0.4, 0.5) is 5.69 Å². The normalized spacial score (nSPS) is 10.6. The first-order valence-corrected chi connectivity index (χ1v) is 5.31. The zero-order valence-corrected chi connectivity index (χ0v) is 9.13. The topological polar surface area (TPSA) is 63.4 Å². The number of hydrogen-bond acceptors (Lipinski definition) is 4. The molecule has 0 aliphatic carbocycles. The molecule has 1 aromatic heterocycles. The molecule has 0 aliphatic rings. The lowest BCUT2D eigenvalue weighted by Crippen LogP contribution is -1.85. The van der Waals surface area contributed by atoms with Gasteiger partial charge in [-0.2, -0.15) is 0 Å². The summed E-state index contributed by atoms with van der Waals surface area (Å²) >= 11 is 4.41. The maximum absolute atomic E-state index is 10.6. The van der Waals surface area contributed by atoms with Crippen molar-refractivity contribution in [2.24, 2.45) is 0 Å². The van der Waals surface area contributed by atoms with E-state index in [1.165, 1.54) is 22.8 Å². The molecule has 0 saturated carbocycles. The Morgan fingerprint density at radius 1 is 1.50 bits per heavy atom. The number of nitrogens with zero attached hydrogens (tertiary/aromatic N) is 1. The van der Waals surface area contributed by atoms with E-state index in [1.54, 1.807) is 6.07 Å². The second kappa shape index (κ2) is 3.21. The van der Waals surface area contributed by atoms with Crippen LogP contribution in [-0.2, 0) is 0 Å². The molecule has 0 aliphatic heterocycles. The molecule has 1 N–H and O–H groups in total. The highest BCUT2D eigenvalue weighted by Gasteiger charge is 2.18. The predicted octanol–water partition coefficient (Wildman–Crippen LogP) is 3.28. The molecule has 0 radical (unpaired) electrons. The number of benzene rings is 1. The van der Waals surface area contributed by atoms with Crippen molar-refractivity contribution in [3.8, 4) is 5.75 Å². The van der Waals surface area contributed by atoms with Crippen LogP contribution >= 0.6 is 27.3 Å². The van der Waals surface area contributed by atoms with Crippen molar-refractivity contribution in [2.75, 3.05) is 0 Å². The van der Waals surface area contributed by atoms with Gasteiger partial charge in [0.1, 0.15) is 5.75 Å². The minimum absolute atomic E-state index is 0.0130. The average Bonchev–Trinajstić information content (AvgIpc) is 2.55. The van der Waals surface area contributed by atoms with Gasteiger partial charge >= 0.3 is 0 Å². The smallest absolute Gasteiger partial charge is 0.289 e. The SMILES string of the molecule is O=[N+]([O-])c1csc2ccc(O)c(Br)c12. The molecule has 1 heterocycles. The molecule has 6 heteroatoms. The Hall–Kier alpha value is -1.14. The number of phenolic OH excluding ortho intramolecular Hbond substituents is 1. The summed E-state index contributed by atoms with van der Waals surface area (Å²) in [5.41, 5.74) is 0.0211. The Morgan fingerprint density at radius 2 is 2.21 bits per heavy atom. The fourth-order valence-corrected chi connectivity index (χ4v) is 2.79. The molecule has 14 heavy (non-hydrogen) atoms. The monoisotopic (exact) mass is 273 g/mol. The van der Waals surface area contributed by atoms with Crippen molar-refractivity contribution in [2.45, 2.75) is 0 Å². The van der Waals surface area contributed by atoms with Gasteiger partial charge in [-0.3, -0.25) is 10.1 Å². The van der Waals surface area contributed by atoms with Crippen LogP contribution in [0.3, 0.4) is 0 Å². The zero-order valence-electron chi connectivity index (χ0n) is 6.73. The standard InChI is InChI=1S/C8H4BrNO3S/c9-8-5(11)1-2-6-7(8)4(3-14-6)10(12)13/h1-3,11H. The number of phenols is 1. The molecule has 0 unspecified atom stereocenters. The van der Waals surface area contributed by atoms with Gasteiger partial charge in [0.25, 0.3) is 5.69 Å². The molecule has 0 fully saturated rings. The number of rotatable bonds is 1. The van der Waals surface area contributed by atoms with E-state index < -0.39 is 4.92 Å². The van der Waals surface area contributed by atoms with E-state index in [-0.39, 0.29) is 11.4 Å². The van der Waals surface area contributed by atoms with Gasteiger partial charge in [-0.15, -0.1) is 11.3 Å². The number of fused-ring (bicyclic) bond motifs is 1. The van der Waals surface area contributed by atoms with Gasteiger partial charge in [-0.25, -0.2) is 0 Å². The molecule has 1 aromatic carbocycles. The zero-order chi connectivity index (χ0) is 10.3. The van der Waals surface area contributed by atoms with Crippen LogP contribution < -0.4 is 0 Å². The number of halogens is 1. The average molecular weight is 274 g/mol. The van der Waals surface area contributed by atoms with Gasteiger partial charge in [0.05, 0.1) is 20.2 Å². The van der Waals surface area contributed by atoms with Crippen molar-refractivity contribution in [3.05, 3.63) is 32.1 Å². The van der Waals surface area contributed by atoms with E-state index in [2.05, 4.69) is 15.9 Å². The molecule has 0 spiro atoms. The summed E-state index contributed by atoms with van der Waals surface area (Å²) in [7, 11) is 0. The van der Waals surface area contributed by atoms with Crippen molar-refractivity contribution in [1.82, 2.24) is 0 Å². The molecule has 0 amide bonds. The number of hydrogen-bond donors (Lipinski definition) is 1. The van der Waals surface area contributed by atoms with Crippen molar-refractivity contribution < 1.29 is 10.0 Å². The molecule has 2 rings (SSSR count). The highest BCUT2D eigenvalue weighted by atomic mass is 79.9. The quantitative estimate of drug-likeness (QED) is 0.641. The summed E-state index contributed by atoms with van der Waals surface area (Å²) in [5.74, 6) is 0.0130. The molecule has 0 bridgehead atoms. The largest absolute Gasteiger partial charge is 0.507 e. The summed E-state index contributed by atoms with van der Waals surface area (Å²) in [4.78, 5) is 10.2. The van der Waals surface area contributed by atoms with Crippen LogP contribution in [0.5, 0.6) is 5.75 Å². The van der Waals surface area contributed by atoms with Crippen LogP contribution in [0, 0.1) is 10.1 Å². The number of thiophene rings is 1. The third kappa shape index (κ3) is 1.27. The first-order chi connectivity index (χ1) is 6.61. The van der Waals surface area contributed by atoms with Gasteiger partial charge < -0.3 is 5.11 Å². The Balaban J connectivity index is 2.89. The summed E-state index contributed by atoms with van der Waals surface area (Å²) in [6.07, 6.45) is 0. The van der Waals surface area contributed by atoms with Gasteiger partial charge in [-0.05, 0) is 28.1 Å². The minimum atomic E-state index is -0.455. The van der Waals surface area contributed by atoms with Crippen LogP contribution in [0.15, 0.2) is 22.0 Å². The summed E-state index contributed by atoms with van der Waals surface area (Å²) in [6, 6.07) is 3.17. The molecule has 0 atom stereocenters. The first kappa shape index (κ1) is 9.42. The number of aromatic hydroxyl groups is 1. The molecule has 2 aromatic rings. The highest BCUT2D eigenvalue weighted by molar-refractivity contribution is 9.10. The van der Waals surface area contributed by atoms with Crippen molar-refractivity contribution in [1.29, 1.82) is 0 Å². The van der Waals surface area contributed by atoms with Gasteiger partial charge in [-0.1, -0.05) is 0 Å². The molecule has 72 valence electrons. The lowest BCUT2D eigenvalue weighted by atomic mass is 10.2. The van der Waals surface area contributed by atoms with E-state index in [4.69, 9.17) is 0 Å². The maximum atomic E-state index is 10.6. The lowest BCUT2D eigenvalue weighted by molar-refractivity contribution is -0.382. The minimum Gasteiger partial charge on any atom is -0.507 e. The van der Waals surface area contributed by atoms with E-state index in [1.807, 2.05) is 0 Å². The molecule has 0 saturated heterocycles. The summed E-state index contributed by atoms with van der Waals surface area (Å²) < 4.78 is 1.16. The second-order valence-electron chi connectivity index (χ2n) is 2.65. The van der Waals surface area contributed by atoms with E-state index in [9.17, 15) is 15.2 Å². The van der Waals surface area contributed by atoms with Gasteiger partial charge in [0.2, 0.25) is 0 Å². The van der Waals surface area contributed by atoms with Crippen LogP contribution in [0.1, 0.15) is 0 Å². The predicted molar refractivity (Wildman–Crippen MR) is 57.8 cm³/mol. The van der Waals surface area contributed by atoms with Crippen molar-refractivity contribution in [3.63, 3.8) is 0 Å². The summed E-state index contributed by atoms with van der Waals surface area (Å²) in [6.45, 7) is 0. The fraction of sp³-hybridized carbons (Fsp3) is 0. The molecular weight excluding hydrogens is 270 g/mol. The Labute approximate surface area is 91.1 Å². The van der Waals surface area contributed by atoms with Crippen LogP contribution in [0.2, 0.25) is 0 Å². The summed E-state index contributed by atoms with van der Waals surface area (Å²) in [5, 5.41) is 22.0. The third-order valence-electron chi connectivity index (χ3n) is 1.83. The van der Waals surface area contributed by atoms with Crippen LogP contribution in [-0.4, -0.2) is 10.0 Å². The maximum Gasteiger partial charge on any atom is 0.289 e. The molecule has 4 nitrogen and oxygen atoms in total. The second-order valence-corrected chi connectivity index (χ2v) is 4.35. The molecular formula is C8H4BrNO3S. The van der Waals surface area contributed by atoms with E-state index in [0.717, 1.165) is 4.70 Å². The van der Waals surface area contributed by atoms with E-state index in [0.29, 0.717) is 9.86 Å². The lowest BCUT2D eigenvalue weighted by Gasteiger charge is -1.97. The number of nitro groups is 1. The highest BCUT2D eigenvalue weighted by Crippen LogP contribution is 2.41. The fourth-order valence-electron chi connectivity index (χ4n) is 1.20. The van der Waals surface area contributed by atoms with Gasteiger partial charge in [0, 0.05) is 4.70 Å². The Bertz CT molecular complexity index is 523. The van der Waals surface area contributed by atoms with Gasteiger partial charge in [0.15, 0.2) is 0 Å². The van der Waals surface area contributed by atoms with Crippen LogP contribution in [0.25, 0.3) is 10.1 Å². The van der Waals surface area contributed by atoms with E-state index >= 15 is 0 Å². The first-order valence-electron chi connectivity index (χ1n) is 3.64. The van der Waals surface area contributed by atoms with Crippen molar-refractivity contribution >= 4 is 43.0 Å². The third-order valence-corrected chi connectivity index (χ3v) is 3.57. The Kier molecular flexibility index (Phi) is 2.16. The Morgan fingerprint density at radius 3 is 2.86 bits per heavy atom.